The van der Waals surface area contributed by atoms with Gasteiger partial charge in [0.15, 0.2) is 0 Å². The molecule has 26 valence electrons. The molecule has 0 aromatic rings. The molecule has 0 bridgehead atoms. The van der Waals surface area contributed by atoms with E-state index in [1.807, 2.05) is 0 Å². The minimum absolute atomic E-state index is 1.19. The van der Waals surface area contributed by atoms with Crippen LogP contribution in [0.5, 0.6) is 0 Å². The SMILES string of the molecule is [2H]C(F)CF. The normalized spacial score (nSPS) is 19.0. The van der Waals surface area contributed by atoms with Gasteiger partial charge >= 0.3 is 0 Å². The van der Waals surface area contributed by atoms with Crippen LogP contribution < -0.4 is 0 Å². The summed E-state index contributed by atoms with van der Waals surface area (Å²) >= 11 is 0. The predicted molar refractivity (Wildman–Crippen MR) is 12.0 cm³/mol. The summed E-state index contributed by atoms with van der Waals surface area (Å²) in [5.74, 6) is 0. The highest BCUT2D eigenvalue weighted by Crippen LogP contribution is 1.63. The number of halogens is 2. The van der Waals surface area contributed by atoms with Gasteiger partial charge in [-0.05, 0) is 0 Å². The summed E-state index contributed by atoms with van der Waals surface area (Å²) in [5.41, 5.74) is 0. The number of alkyl halides is 2. The summed E-state index contributed by atoms with van der Waals surface area (Å²) in [6.45, 7) is -3.23. The zero-order valence-electron chi connectivity index (χ0n) is 3.04. The van der Waals surface area contributed by atoms with Crippen LogP contribution in [0.2, 0.25) is 0 Å². The summed E-state index contributed by atoms with van der Waals surface area (Å²) in [6, 6.07) is 0. The molecular formula is C2H4F2. The molecule has 1 atom stereocenters. The molecule has 0 heterocycles. The smallest absolute Gasteiger partial charge is 0.118 e. The lowest BCUT2D eigenvalue weighted by Crippen LogP contribution is -1.68. The van der Waals surface area contributed by atoms with Crippen LogP contribution in [0.3, 0.4) is 0 Å². The largest absolute Gasteiger partial charge is 0.248 e. The van der Waals surface area contributed by atoms with Crippen LogP contribution in [-0.2, 0) is 0 Å². The van der Waals surface area contributed by atoms with Gasteiger partial charge in [-0.15, -0.1) is 0 Å². The number of rotatable bonds is 1. The van der Waals surface area contributed by atoms with Crippen molar-refractivity contribution < 1.29 is 10.2 Å². The van der Waals surface area contributed by atoms with Crippen molar-refractivity contribution >= 4 is 0 Å². The molecule has 0 aliphatic rings. The van der Waals surface area contributed by atoms with E-state index < -0.39 is 13.3 Å². The molecule has 0 spiro atoms. The second-order valence-electron chi connectivity index (χ2n) is 0.309. The van der Waals surface area contributed by atoms with Crippen molar-refractivity contribution in [3.63, 3.8) is 0 Å². The zero-order chi connectivity index (χ0) is 4.28. The van der Waals surface area contributed by atoms with Crippen molar-refractivity contribution in [3.8, 4) is 0 Å². The molecule has 0 aliphatic heterocycles. The highest BCUT2D eigenvalue weighted by Gasteiger charge is 1.65. The van der Waals surface area contributed by atoms with Crippen LogP contribution in [0.4, 0.5) is 8.78 Å². The lowest BCUT2D eigenvalue weighted by Gasteiger charge is -1.61. The van der Waals surface area contributed by atoms with Gasteiger partial charge in [0.05, 0.1) is 1.37 Å². The minimum Gasteiger partial charge on any atom is -0.248 e. The van der Waals surface area contributed by atoms with E-state index in [2.05, 4.69) is 0 Å². The molecule has 2 heteroatoms. The van der Waals surface area contributed by atoms with E-state index in [0.717, 1.165) is 0 Å². The Bertz CT molecular complexity index is 21.6. The third-order valence-electron chi connectivity index (χ3n) is 0.0583. The lowest BCUT2D eigenvalue weighted by atomic mass is 10.9. The molecule has 0 saturated heterocycles. The molecule has 0 aromatic heterocycles. The summed E-state index contributed by atoms with van der Waals surface area (Å²) < 4.78 is 27.1. The Morgan fingerprint density at radius 1 is 1.75 bits per heavy atom. The first-order valence-corrected chi connectivity index (χ1v) is 0.894. The second kappa shape index (κ2) is 2.86. The van der Waals surface area contributed by atoms with Crippen LogP contribution in [0, 0.1) is 0 Å². The van der Waals surface area contributed by atoms with Gasteiger partial charge in [-0.1, -0.05) is 0 Å². The van der Waals surface area contributed by atoms with Crippen molar-refractivity contribution in [2.45, 2.75) is 0 Å². The molecule has 0 radical (unpaired) electrons. The van der Waals surface area contributed by atoms with E-state index in [9.17, 15) is 8.78 Å². The van der Waals surface area contributed by atoms with Crippen LogP contribution in [-0.4, -0.2) is 13.3 Å². The molecular weight excluding hydrogens is 62.0 g/mol. The quantitative estimate of drug-likeness (QED) is 0.428. The highest BCUT2D eigenvalue weighted by molar-refractivity contribution is 4.09. The maximum absolute atomic E-state index is 10.7. The maximum Gasteiger partial charge on any atom is 0.118 e. The molecule has 0 aliphatic carbocycles. The highest BCUT2D eigenvalue weighted by atomic mass is 19.2. The molecule has 4 heavy (non-hydrogen) atoms. The summed E-state index contributed by atoms with van der Waals surface area (Å²) in [6.07, 6.45) is 0. The summed E-state index contributed by atoms with van der Waals surface area (Å²) in [4.78, 5) is 0. The van der Waals surface area contributed by atoms with Gasteiger partial charge in [0, 0.05) is 0 Å². The van der Waals surface area contributed by atoms with Crippen LogP contribution in [0.25, 0.3) is 0 Å². The van der Waals surface area contributed by atoms with Gasteiger partial charge in [0.1, 0.15) is 13.3 Å². The first kappa shape index (κ1) is 2.12. The van der Waals surface area contributed by atoms with Gasteiger partial charge in [-0.3, -0.25) is 0 Å². The molecule has 1 unspecified atom stereocenters. The number of hydrogen-bond acceptors (Lipinski definition) is 0. The predicted octanol–water partition coefficient (Wildman–Crippen LogP) is 0.925. The average molecular weight is 67.1 g/mol. The van der Waals surface area contributed by atoms with Crippen LogP contribution in [0.1, 0.15) is 1.37 Å². The van der Waals surface area contributed by atoms with E-state index in [0.29, 0.717) is 0 Å². The fourth-order valence-electron chi connectivity index (χ4n) is 0. The van der Waals surface area contributed by atoms with Crippen molar-refractivity contribution in [1.29, 1.82) is 0 Å². The standard InChI is InChI=1S/C2H4F2/c3-1-2-4/h1-2H2/i1D. The molecule has 0 fully saturated rings. The van der Waals surface area contributed by atoms with E-state index >= 15 is 0 Å². The Balaban J connectivity index is 2.54. The Hall–Kier alpha value is -0.140. The second-order valence-corrected chi connectivity index (χ2v) is 0.309. The fraction of sp³-hybridized carbons (Fsp3) is 1.00. The first-order valence-electron chi connectivity index (χ1n) is 1.47. The maximum atomic E-state index is 10.7. The Labute approximate surface area is 24.8 Å². The zero-order valence-corrected chi connectivity index (χ0v) is 2.04. The van der Waals surface area contributed by atoms with Crippen molar-refractivity contribution in [2.75, 3.05) is 13.3 Å². The third-order valence-corrected chi connectivity index (χ3v) is 0.0583. The Morgan fingerprint density at radius 3 is 2.00 bits per heavy atom. The topological polar surface area (TPSA) is 0 Å². The molecule has 0 N–H and O–H groups in total. The van der Waals surface area contributed by atoms with Crippen LogP contribution >= 0.6 is 0 Å². The summed E-state index contributed by atoms with van der Waals surface area (Å²) in [5, 5.41) is 0. The van der Waals surface area contributed by atoms with Crippen LogP contribution in [0.15, 0.2) is 0 Å². The molecule has 0 amide bonds. The van der Waals surface area contributed by atoms with E-state index in [-0.39, 0.29) is 0 Å². The monoisotopic (exact) mass is 67.0 g/mol. The third kappa shape index (κ3) is 1.86. The van der Waals surface area contributed by atoms with Gasteiger partial charge in [0.25, 0.3) is 0 Å². The minimum atomic E-state index is -2.03. The van der Waals surface area contributed by atoms with Gasteiger partial charge in [-0.2, -0.15) is 0 Å². The summed E-state index contributed by atoms with van der Waals surface area (Å²) in [7, 11) is 0. The van der Waals surface area contributed by atoms with E-state index in [1.54, 1.807) is 0 Å². The fourth-order valence-corrected chi connectivity index (χ4v) is 0. The lowest BCUT2D eigenvalue weighted by molar-refractivity contribution is 0.380. The van der Waals surface area contributed by atoms with Crippen molar-refractivity contribution in [1.82, 2.24) is 0 Å². The average Bonchev–Trinajstić information content (AvgIpc) is 1.38. The van der Waals surface area contributed by atoms with Crippen molar-refractivity contribution in [3.05, 3.63) is 0 Å². The van der Waals surface area contributed by atoms with E-state index in [1.165, 1.54) is 0 Å². The van der Waals surface area contributed by atoms with Gasteiger partial charge < -0.3 is 0 Å². The molecule has 0 aromatic carbocycles. The van der Waals surface area contributed by atoms with Gasteiger partial charge in [-0.25, -0.2) is 8.78 Å². The van der Waals surface area contributed by atoms with E-state index in [4.69, 9.17) is 1.37 Å². The molecule has 0 nitrogen and oxygen atoms in total. The Morgan fingerprint density at radius 2 is 2.00 bits per heavy atom. The van der Waals surface area contributed by atoms with Gasteiger partial charge in [0.2, 0.25) is 0 Å². The molecule has 0 saturated carbocycles. The molecule has 0 rings (SSSR count). The van der Waals surface area contributed by atoms with Crippen molar-refractivity contribution in [2.24, 2.45) is 0 Å². The number of hydrogen-bond donors (Lipinski definition) is 0. The first-order chi connectivity index (χ1) is 2.27. The Kier molecular flexibility index (Phi) is 1.52.